The van der Waals surface area contributed by atoms with Crippen LogP contribution in [0.2, 0.25) is 0 Å². The van der Waals surface area contributed by atoms with Crippen LogP contribution in [0.1, 0.15) is 49.1 Å². The molecule has 1 aliphatic heterocycles. The van der Waals surface area contributed by atoms with Gasteiger partial charge in [0.05, 0.1) is 11.5 Å². The van der Waals surface area contributed by atoms with E-state index in [0.717, 1.165) is 17.8 Å². The summed E-state index contributed by atoms with van der Waals surface area (Å²) in [6.45, 7) is 4.58. The van der Waals surface area contributed by atoms with Crippen molar-refractivity contribution in [2.75, 3.05) is 11.4 Å². The number of amides is 1. The van der Waals surface area contributed by atoms with Gasteiger partial charge in [0, 0.05) is 24.2 Å². The van der Waals surface area contributed by atoms with Gasteiger partial charge in [-0.2, -0.15) is 18.2 Å². The van der Waals surface area contributed by atoms with Gasteiger partial charge in [-0.05, 0) is 35.7 Å². The van der Waals surface area contributed by atoms with E-state index in [9.17, 15) is 18.0 Å². The number of aromatic nitrogens is 2. The molecule has 0 aliphatic carbocycles. The quantitative estimate of drug-likeness (QED) is 0.573. The number of carbonyl (C=O) groups excluding carboxylic acids is 1. The topological polar surface area (TPSA) is 59.2 Å². The van der Waals surface area contributed by atoms with Crippen LogP contribution in [-0.4, -0.2) is 22.6 Å². The highest BCUT2D eigenvalue weighted by Crippen LogP contribution is 2.34. The van der Waals surface area contributed by atoms with Crippen molar-refractivity contribution in [3.63, 3.8) is 0 Å². The summed E-state index contributed by atoms with van der Waals surface area (Å²) in [7, 11) is 0. The fraction of sp³-hybridized carbons (Fsp3) is 0.318. The average molecular weight is 415 g/mol. The van der Waals surface area contributed by atoms with Crippen LogP contribution >= 0.6 is 0 Å². The van der Waals surface area contributed by atoms with Gasteiger partial charge in [0.15, 0.2) is 0 Å². The highest BCUT2D eigenvalue weighted by Gasteiger charge is 2.35. The van der Waals surface area contributed by atoms with Crippen LogP contribution in [0.5, 0.6) is 0 Å². The molecule has 4 rings (SSSR count). The molecule has 30 heavy (non-hydrogen) atoms. The van der Waals surface area contributed by atoms with Gasteiger partial charge >= 0.3 is 6.18 Å². The van der Waals surface area contributed by atoms with Crippen molar-refractivity contribution in [2.24, 2.45) is 0 Å². The minimum absolute atomic E-state index is 0.0592. The third kappa shape index (κ3) is 3.94. The Morgan fingerprint density at radius 1 is 1.13 bits per heavy atom. The molecule has 5 nitrogen and oxygen atoms in total. The molecule has 0 N–H and O–H groups in total. The van der Waals surface area contributed by atoms with E-state index in [-0.39, 0.29) is 35.5 Å². The standard InChI is InChI=1S/C22H20F3N3O2/c1-13(2)14-6-8-18(9-7-14)28-12-16(11-19(28)29)21-26-20(27-30-21)15-4-3-5-17(10-15)22(23,24)25/h3-10,13,16H,11-12H2,1-2H3/t16-/m0/s1. The largest absolute Gasteiger partial charge is 0.416 e. The fourth-order valence-corrected chi connectivity index (χ4v) is 3.51. The number of hydrogen-bond acceptors (Lipinski definition) is 4. The van der Waals surface area contributed by atoms with Gasteiger partial charge in [-0.3, -0.25) is 4.79 Å². The third-order valence-corrected chi connectivity index (χ3v) is 5.24. The van der Waals surface area contributed by atoms with E-state index in [0.29, 0.717) is 12.5 Å². The fourth-order valence-electron chi connectivity index (χ4n) is 3.51. The van der Waals surface area contributed by atoms with E-state index in [1.54, 1.807) is 4.90 Å². The van der Waals surface area contributed by atoms with Gasteiger partial charge in [-0.25, -0.2) is 0 Å². The lowest BCUT2D eigenvalue weighted by Crippen LogP contribution is -2.24. The highest BCUT2D eigenvalue weighted by atomic mass is 19.4. The number of anilines is 1. The molecule has 156 valence electrons. The lowest BCUT2D eigenvalue weighted by Gasteiger charge is -2.17. The van der Waals surface area contributed by atoms with Gasteiger partial charge in [0.1, 0.15) is 0 Å². The highest BCUT2D eigenvalue weighted by molar-refractivity contribution is 5.96. The van der Waals surface area contributed by atoms with E-state index < -0.39 is 11.7 Å². The van der Waals surface area contributed by atoms with Crippen LogP contribution in [0, 0.1) is 0 Å². The summed E-state index contributed by atoms with van der Waals surface area (Å²) >= 11 is 0. The molecule has 0 radical (unpaired) electrons. The first-order valence-electron chi connectivity index (χ1n) is 9.64. The number of halogens is 3. The molecule has 1 atom stereocenters. The van der Waals surface area contributed by atoms with Crippen molar-refractivity contribution in [3.05, 3.63) is 65.5 Å². The number of nitrogens with zero attached hydrogens (tertiary/aromatic N) is 3. The zero-order valence-corrected chi connectivity index (χ0v) is 16.5. The number of rotatable bonds is 4. The maximum atomic E-state index is 12.9. The monoisotopic (exact) mass is 415 g/mol. The van der Waals surface area contributed by atoms with E-state index in [1.165, 1.54) is 17.7 Å². The van der Waals surface area contributed by atoms with Crippen LogP contribution in [0.15, 0.2) is 53.1 Å². The van der Waals surface area contributed by atoms with Gasteiger partial charge in [0.25, 0.3) is 0 Å². The smallest absolute Gasteiger partial charge is 0.339 e. The molecule has 1 aliphatic rings. The van der Waals surface area contributed by atoms with Crippen LogP contribution in [-0.2, 0) is 11.0 Å². The molecule has 0 spiro atoms. The van der Waals surface area contributed by atoms with Crippen LogP contribution in [0.4, 0.5) is 18.9 Å². The van der Waals surface area contributed by atoms with Crippen LogP contribution in [0.25, 0.3) is 11.4 Å². The lowest BCUT2D eigenvalue weighted by molar-refractivity contribution is -0.137. The van der Waals surface area contributed by atoms with E-state index in [1.807, 2.05) is 24.3 Å². The van der Waals surface area contributed by atoms with E-state index >= 15 is 0 Å². The molecule has 2 aromatic carbocycles. The number of hydrogen-bond donors (Lipinski definition) is 0. The van der Waals surface area contributed by atoms with Crippen molar-refractivity contribution >= 4 is 11.6 Å². The molecule has 0 unspecified atom stereocenters. The summed E-state index contributed by atoms with van der Waals surface area (Å²) < 4.78 is 44.1. The molecular formula is C22H20F3N3O2. The second-order valence-electron chi connectivity index (χ2n) is 7.69. The number of carbonyl (C=O) groups is 1. The summed E-state index contributed by atoms with van der Waals surface area (Å²) in [5.41, 5.74) is 1.41. The first kappa shape index (κ1) is 20.1. The summed E-state index contributed by atoms with van der Waals surface area (Å²) in [5.74, 6) is 0.347. The molecule has 1 amide bonds. The zero-order valence-electron chi connectivity index (χ0n) is 16.5. The summed E-state index contributed by atoms with van der Waals surface area (Å²) in [5, 5.41) is 3.82. The van der Waals surface area contributed by atoms with Crippen molar-refractivity contribution in [1.29, 1.82) is 0 Å². The molecule has 1 aromatic heterocycles. The Hall–Kier alpha value is -3.16. The Kier molecular flexibility index (Phi) is 5.09. The minimum Gasteiger partial charge on any atom is -0.339 e. The number of benzene rings is 2. The lowest BCUT2D eigenvalue weighted by atomic mass is 10.0. The zero-order chi connectivity index (χ0) is 21.5. The van der Waals surface area contributed by atoms with Crippen molar-refractivity contribution in [1.82, 2.24) is 10.1 Å². The Balaban J connectivity index is 1.53. The summed E-state index contributed by atoms with van der Waals surface area (Å²) in [6.07, 6.45) is -4.25. The normalized spacial score (nSPS) is 17.2. The second kappa shape index (κ2) is 7.59. The van der Waals surface area contributed by atoms with Crippen molar-refractivity contribution in [2.45, 2.75) is 38.3 Å². The molecule has 0 saturated carbocycles. The summed E-state index contributed by atoms with van der Waals surface area (Å²) in [4.78, 5) is 18.5. The molecule has 8 heteroatoms. The molecule has 2 heterocycles. The first-order chi connectivity index (χ1) is 14.2. The minimum atomic E-state index is -4.45. The third-order valence-electron chi connectivity index (χ3n) is 5.24. The van der Waals surface area contributed by atoms with Gasteiger partial charge in [0.2, 0.25) is 17.6 Å². The SMILES string of the molecule is CC(C)c1ccc(N2C[C@@H](c3nc(-c4cccc(C(F)(F)F)c4)no3)CC2=O)cc1. The Morgan fingerprint density at radius 2 is 1.87 bits per heavy atom. The predicted octanol–water partition coefficient (Wildman–Crippen LogP) is 5.40. The van der Waals surface area contributed by atoms with Crippen molar-refractivity contribution < 1.29 is 22.5 Å². The predicted molar refractivity (Wildman–Crippen MR) is 105 cm³/mol. The Bertz CT molecular complexity index is 1060. The maximum absolute atomic E-state index is 12.9. The van der Waals surface area contributed by atoms with Crippen molar-refractivity contribution in [3.8, 4) is 11.4 Å². The molecule has 3 aromatic rings. The Morgan fingerprint density at radius 3 is 2.53 bits per heavy atom. The molecule has 0 bridgehead atoms. The van der Waals surface area contributed by atoms with Gasteiger partial charge in [-0.15, -0.1) is 0 Å². The van der Waals surface area contributed by atoms with Gasteiger partial charge < -0.3 is 9.42 Å². The molecule has 1 saturated heterocycles. The Labute approximate surface area is 171 Å². The number of alkyl halides is 3. The first-order valence-corrected chi connectivity index (χ1v) is 9.64. The van der Waals surface area contributed by atoms with Crippen LogP contribution < -0.4 is 4.90 Å². The molecule has 1 fully saturated rings. The molecular weight excluding hydrogens is 395 g/mol. The maximum Gasteiger partial charge on any atom is 0.416 e. The van der Waals surface area contributed by atoms with Gasteiger partial charge in [-0.1, -0.05) is 43.3 Å². The van der Waals surface area contributed by atoms with Crippen LogP contribution in [0.3, 0.4) is 0 Å². The van der Waals surface area contributed by atoms with E-state index in [4.69, 9.17) is 4.52 Å². The van der Waals surface area contributed by atoms with E-state index in [2.05, 4.69) is 24.0 Å². The second-order valence-corrected chi connectivity index (χ2v) is 7.69. The summed E-state index contributed by atoms with van der Waals surface area (Å²) in [6, 6.07) is 12.6. The average Bonchev–Trinajstić information content (AvgIpc) is 3.34.